The molecule has 5 rings (SSSR count). The third-order valence-electron chi connectivity index (χ3n) is 6.24. The van der Waals surface area contributed by atoms with Crippen molar-refractivity contribution in [1.29, 1.82) is 0 Å². The Bertz CT molecular complexity index is 1740. The summed E-state index contributed by atoms with van der Waals surface area (Å²) >= 11 is 5.73. The summed E-state index contributed by atoms with van der Waals surface area (Å²) < 4.78 is 48.9. The van der Waals surface area contributed by atoms with Crippen LogP contribution < -0.4 is 10.7 Å². The summed E-state index contributed by atoms with van der Waals surface area (Å²) in [6.45, 7) is 5.22. The van der Waals surface area contributed by atoms with E-state index >= 15 is 0 Å². The minimum absolute atomic E-state index is 0.205. The fourth-order valence-electron chi connectivity index (χ4n) is 4.53. The zero-order valence-corrected chi connectivity index (χ0v) is 21.1. The van der Waals surface area contributed by atoms with Gasteiger partial charge in [-0.15, -0.1) is 0 Å². The van der Waals surface area contributed by atoms with Gasteiger partial charge >= 0.3 is 6.18 Å². The van der Waals surface area contributed by atoms with E-state index < -0.39 is 17.9 Å². The molecule has 0 radical (unpaired) electrons. The molecule has 0 amide bonds. The maximum absolute atomic E-state index is 13.6. The Labute approximate surface area is 214 Å². The molecule has 10 heteroatoms. The van der Waals surface area contributed by atoms with Gasteiger partial charge in [0.05, 0.1) is 22.6 Å². The fraction of sp³-hybridized carbons (Fsp3) is 0.222. The number of nitrogens with one attached hydrogen (secondary N) is 1. The Balaban J connectivity index is 1.66. The molecule has 0 fully saturated rings. The number of nitrogens with zero attached hydrogens (tertiary/aromatic N) is 3. The Morgan fingerprint density at radius 2 is 1.86 bits per heavy atom. The van der Waals surface area contributed by atoms with Crippen LogP contribution in [-0.4, -0.2) is 14.8 Å². The van der Waals surface area contributed by atoms with Crippen molar-refractivity contribution >= 4 is 39.2 Å². The molecule has 0 aliphatic rings. The average Bonchev–Trinajstić information content (AvgIpc) is 3.20. The summed E-state index contributed by atoms with van der Waals surface area (Å²) in [5.74, 6) is 0.393. The van der Waals surface area contributed by atoms with E-state index in [2.05, 4.69) is 15.4 Å². The van der Waals surface area contributed by atoms with Gasteiger partial charge in [-0.05, 0) is 62.7 Å². The Hall–Kier alpha value is -3.85. The van der Waals surface area contributed by atoms with Crippen molar-refractivity contribution in [2.24, 2.45) is 7.05 Å². The van der Waals surface area contributed by atoms with Gasteiger partial charge in [0.25, 0.3) is 0 Å². The van der Waals surface area contributed by atoms with E-state index in [1.54, 1.807) is 30.7 Å². The number of anilines is 1. The van der Waals surface area contributed by atoms with Crippen LogP contribution in [0.2, 0.25) is 5.15 Å². The molecule has 0 aliphatic carbocycles. The van der Waals surface area contributed by atoms with Crippen molar-refractivity contribution in [3.8, 4) is 11.3 Å². The van der Waals surface area contributed by atoms with Crippen LogP contribution in [0.15, 0.2) is 57.9 Å². The molecule has 1 N–H and O–H groups in total. The number of fused-ring (bicyclic) bond motifs is 2. The second-order valence-corrected chi connectivity index (χ2v) is 9.47. The van der Waals surface area contributed by atoms with Crippen LogP contribution in [0.25, 0.3) is 33.2 Å². The van der Waals surface area contributed by atoms with Gasteiger partial charge in [0, 0.05) is 35.3 Å². The molecule has 2 aromatic carbocycles. The standard InChI is InChI=1S/C27H22ClF3N4O2/c1-13-9-18(15(3)32-21-7-8-22(28)33-26(21)27(29,30)31)25-19(10-13)23(36)14(2)24(37-25)16-5-6-20-17(11-16)12-35(4)34-20/h5-12,15,32H,1-4H3/t15-/m1/s1. The predicted octanol–water partition coefficient (Wildman–Crippen LogP) is 7.20. The molecule has 6 nitrogen and oxygen atoms in total. The maximum Gasteiger partial charge on any atom is 0.435 e. The van der Waals surface area contributed by atoms with Crippen LogP contribution in [0.3, 0.4) is 0 Å². The Morgan fingerprint density at radius 1 is 1.11 bits per heavy atom. The van der Waals surface area contributed by atoms with Crippen molar-refractivity contribution in [1.82, 2.24) is 14.8 Å². The Morgan fingerprint density at radius 3 is 2.59 bits per heavy atom. The smallest absolute Gasteiger partial charge is 0.435 e. The van der Waals surface area contributed by atoms with Crippen LogP contribution >= 0.6 is 11.6 Å². The molecule has 0 saturated heterocycles. The molecule has 0 aliphatic heterocycles. The number of pyridine rings is 1. The van der Waals surface area contributed by atoms with Crippen molar-refractivity contribution in [2.45, 2.75) is 33.0 Å². The summed E-state index contributed by atoms with van der Waals surface area (Å²) in [5.41, 5.74) is 2.01. The monoisotopic (exact) mass is 526 g/mol. The first-order valence-corrected chi connectivity index (χ1v) is 11.8. The lowest BCUT2D eigenvalue weighted by atomic mass is 9.98. The molecule has 3 aromatic heterocycles. The van der Waals surface area contributed by atoms with E-state index in [9.17, 15) is 18.0 Å². The van der Waals surface area contributed by atoms with Crippen molar-refractivity contribution in [3.05, 3.63) is 86.4 Å². The van der Waals surface area contributed by atoms with E-state index in [1.807, 2.05) is 38.4 Å². The highest BCUT2D eigenvalue weighted by Gasteiger charge is 2.36. The normalized spacial score (nSPS) is 12.9. The molecule has 0 spiro atoms. The first kappa shape index (κ1) is 24.8. The number of rotatable bonds is 4. The highest BCUT2D eigenvalue weighted by molar-refractivity contribution is 6.29. The summed E-state index contributed by atoms with van der Waals surface area (Å²) in [5, 5.41) is 8.25. The van der Waals surface area contributed by atoms with Crippen LogP contribution in [0, 0.1) is 13.8 Å². The van der Waals surface area contributed by atoms with Gasteiger partial charge in [0.2, 0.25) is 0 Å². The van der Waals surface area contributed by atoms with Gasteiger partial charge in [0.1, 0.15) is 16.5 Å². The third-order valence-corrected chi connectivity index (χ3v) is 6.45. The minimum atomic E-state index is -4.70. The summed E-state index contributed by atoms with van der Waals surface area (Å²) in [7, 11) is 1.82. The number of aromatic nitrogens is 3. The predicted molar refractivity (Wildman–Crippen MR) is 138 cm³/mol. The zero-order valence-electron chi connectivity index (χ0n) is 20.4. The molecule has 5 aromatic rings. The molecule has 37 heavy (non-hydrogen) atoms. The van der Waals surface area contributed by atoms with Gasteiger partial charge in [-0.1, -0.05) is 17.7 Å². The van der Waals surface area contributed by atoms with Gasteiger partial charge in [0.15, 0.2) is 11.1 Å². The number of benzene rings is 2. The lowest BCUT2D eigenvalue weighted by Gasteiger charge is -2.21. The second kappa shape index (κ2) is 8.92. The zero-order chi connectivity index (χ0) is 26.6. The van der Waals surface area contributed by atoms with Crippen LogP contribution in [0.1, 0.15) is 35.3 Å². The molecule has 0 unspecified atom stereocenters. The lowest BCUT2D eigenvalue weighted by molar-refractivity contribution is -0.140. The number of aryl methyl sites for hydroxylation is 2. The van der Waals surface area contributed by atoms with E-state index in [1.165, 1.54) is 12.1 Å². The highest BCUT2D eigenvalue weighted by atomic mass is 35.5. The van der Waals surface area contributed by atoms with Gasteiger partial charge < -0.3 is 9.73 Å². The number of hydrogen-bond acceptors (Lipinski definition) is 5. The van der Waals surface area contributed by atoms with Gasteiger partial charge in [-0.3, -0.25) is 9.48 Å². The SMILES string of the molecule is Cc1cc([C@@H](C)Nc2ccc(Cl)nc2C(F)(F)F)c2oc(-c3ccc4nn(C)cc4c3)c(C)c(=O)c2c1. The first-order chi connectivity index (χ1) is 17.4. The molecular formula is C27H22ClF3N4O2. The van der Waals surface area contributed by atoms with E-state index in [4.69, 9.17) is 16.0 Å². The lowest BCUT2D eigenvalue weighted by Crippen LogP contribution is -2.16. The molecule has 3 heterocycles. The number of alkyl halides is 3. The number of halogens is 4. The average molecular weight is 527 g/mol. The van der Waals surface area contributed by atoms with Crippen molar-refractivity contribution in [2.75, 3.05) is 5.32 Å². The summed E-state index contributed by atoms with van der Waals surface area (Å²) in [6, 6.07) is 11.0. The number of hydrogen-bond donors (Lipinski definition) is 1. The third kappa shape index (κ3) is 4.55. The van der Waals surface area contributed by atoms with Gasteiger partial charge in [-0.25, -0.2) is 4.98 Å². The molecule has 0 saturated carbocycles. The van der Waals surface area contributed by atoms with E-state index in [0.717, 1.165) is 16.5 Å². The Kier molecular flexibility index (Phi) is 5.98. The fourth-order valence-corrected chi connectivity index (χ4v) is 4.68. The van der Waals surface area contributed by atoms with Crippen LogP contribution in [-0.2, 0) is 13.2 Å². The molecule has 190 valence electrons. The molecular weight excluding hydrogens is 505 g/mol. The summed E-state index contributed by atoms with van der Waals surface area (Å²) in [6.07, 6.45) is -2.84. The van der Waals surface area contributed by atoms with Crippen molar-refractivity contribution < 1.29 is 17.6 Å². The topological polar surface area (TPSA) is 73.0 Å². The second-order valence-electron chi connectivity index (χ2n) is 9.09. The first-order valence-electron chi connectivity index (χ1n) is 11.4. The molecule has 1 atom stereocenters. The minimum Gasteiger partial charge on any atom is -0.455 e. The maximum atomic E-state index is 13.6. The van der Waals surface area contributed by atoms with E-state index in [0.29, 0.717) is 33.4 Å². The highest BCUT2D eigenvalue weighted by Crippen LogP contribution is 2.37. The largest absolute Gasteiger partial charge is 0.455 e. The van der Waals surface area contributed by atoms with Crippen LogP contribution in [0.4, 0.5) is 18.9 Å². The van der Waals surface area contributed by atoms with Crippen LogP contribution in [0.5, 0.6) is 0 Å². The molecule has 0 bridgehead atoms. The summed E-state index contributed by atoms with van der Waals surface area (Å²) in [4.78, 5) is 16.9. The van der Waals surface area contributed by atoms with Gasteiger partial charge in [-0.2, -0.15) is 18.3 Å². The quantitative estimate of drug-likeness (QED) is 0.251. The van der Waals surface area contributed by atoms with Crippen molar-refractivity contribution in [3.63, 3.8) is 0 Å². The van der Waals surface area contributed by atoms with E-state index in [-0.39, 0.29) is 16.3 Å².